The fourth-order valence-corrected chi connectivity index (χ4v) is 19.3. The van der Waals surface area contributed by atoms with Crippen LogP contribution in [-0.4, -0.2) is 29.9 Å². The average Bonchev–Trinajstić information content (AvgIpc) is 1.59. The van der Waals surface area contributed by atoms with Gasteiger partial charge in [-0.1, -0.05) is 357 Å². The molecule has 3 aliphatic rings. The smallest absolute Gasteiger partial charge is 0.160 e. The molecule has 121 heavy (non-hydrogen) atoms. The van der Waals surface area contributed by atoms with E-state index in [1.54, 1.807) is 0 Å². The van der Waals surface area contributed by atoms with Gasteiger partial charge in [0.25, 0.3) is 0 Å². The van der Waals surface area contributed by atoms with Gasteiger partial charge in [0.15, 0.2) is 5.82 Å². The van der Waals surface area contributed by atoms with Crippen LogP contribution in [-0.2, 0) is 16.2 Å². The third kappa shape index (κ3) is 12.5. The molecule has 3 aromatic heterocycles. The second-order valence-electron chi connectivity index (χ2n) is 34.0. The molecule has 0 fully saturated rings. The van der Waals surface area contributed by atoms with Crippen LogP contribution in [0.4, 0.5) is 0 Å². The highest BCUT2D eigenvalue weighted by Crippen LogP contribution is 2.54. The third-order valence-corrected chi connectivity index (χ3v) is 25.8. The van der Waals surface area contributed by atoms with Crippen LogP contribution >= 0.6 is 0 Å². The van der Waals surface area contributed by atoms with Crippen LogP contribution in [0.5, 0.6) is 0 Å². The quantitative estimate of drug-likeness (QED) is 0.141. The van der Waals surface area contributed by atoms with E-state index >= 15 is 0 Å². The van der Waals surface area contributed by atoms with Crippen molar-refractivity contribution < 1.29 is 0 Å². The summed E-state index contributed by atoms with van der Waals surface area (Å²) >= 11 is 0. The minimum Gasteiger partial charge on any atom is -0.244 e. The van der Waals surface area contributed by atoms with Gasteiger partial charge < -0.3 is 0 Å². The highest BCUT2D eigenvalue weighted by Gasteiger charge is 2.39. The molecule has 3 heterocycles. The van der Waals surface area contributed by atoms with E-state index in [0.29, 0.717) is 0 Å². The van der Waals surface area contributed by atoms with Gasteiger partial charge in [0.1, 0.15) is 0 Å². The predicted molar refractivity (Wildman–Crippen MR) is 505 cm³/mol. The Bertz CT molecular complexity index is 7790. The van der Waals surface area contributed by atoms with Crippen LogP contribution in [0.25, 0.3) is 199 Å². The first kappa shape index (κ1) is 72.5. The third-order valence-electron chi connectivity index (χ3n) is 25.8. The molecule has 3 aliphatic carbocycles. The topological polar surface area (TPSA) is 77.3 Å². The number of para-hydroxylation sites is 5. The van der Waals surface area contributed by atoms with Crippen molar-refractivity contribution in [3.8, 4) is 123 Å². The Kier molecular flexibility index (Phi) is 17.2. The lowest BCUT2D eigenvalue weighted by molar-refractivity contribution is 0.660. The molecule has 0 N–H and O–H groups in total. The standard InChI is InChI=1S/C39H28N2.C38H30N2.C38H24N2/c1-39(2)33-24-30(20-21-31(33)32-22-28-12-6-7-13-29(28)23-34(32)39)38-37(40-35-14-8-9-15-36(35)41-38)27-18-16-26(17-19-27)25-10-4-3-5-11-25;1-37(2)30-14-8-5-11-25(30)27-19-17-23(21-32(27)37)35-29-13-7-10-16-34(29)39-36(40-35)24-18-20-28-26-12-6-9-15-31(26)38(3,4)33(28)22-24;1-2-9-29-23-30(19-15-25(29)7-1)26-13-17-28(18-14-26)37-38(40-36-12-6-5-11-35(36)39-37)32-21-22-34-31(24-32)20-16-27-8-3-4-10-33(27)34/h3-24H,1-2H3;5-22H,1-4H3;1-24H. The molecule has 572 valence electrons. The summed E-state index contributed by atoms with van der Waals surface area (Å²) < 4.78 is 0. The molecule has 24 rings (SSSR count). The zero-order valence-corrected chi connectivity index (χ0v) is 68.1. The second kappa shape index (κ2) is 28.7. The van der Waals surface area contributed by atoms with E-state index in [9.17, 15) is 0 Å². The lowest BCUT2D eigenvalue weighted by Gasteiger charge is -2.22. The summed E-state index contributed by atoms with van der Waals surface area (Å²) in [5.74, 6) is 0.770. The molecule has 6 nitrogen and oxygen atoms in total. The first-order valence-electron chi connectivity index (χ1n) is 41.9. The molecule has 0 aliphatic heterocycles. The lowest BCUT2D eigenvalue weighted by atomic mass is 9.81. The van der Waals surface area contributed by atoms with Gasteiger partial charge in [-0.25, -0.2) is 29.9 Å². The fourth-order valence-electron chi connectivity index (χ4n) is 19.3. The molecule has 21 aromatic rings. The van der Waals surface area contributed by atoms with Crippen molar-refractivity contribution in [3.63, 3.8) is 0 Å². The number of nitrogens with zero attached hydrogens (tertiary/aromatic N) is 6. The highest BCUT2D eigenvalue weighted by atomic mass is 14.9. The minimum absolute atomic E-state index is 0.0613. The number of benzene rings is 18. The van der Waals surface area contributed by atoms with Crippen molar-refractivity contribution in [3.05, 3.63) is 422 Å². The zero-order chi connectivity index (χ0) is 81.2. The van der Waals surface area contributed by atoms with Gasteiger partial charge in [0, 0.05) is 55.0 Å². The normalized spacial score (nSPS) is 13.4. The van der Waals surface area contributed by atoms with Crippen molar-refractivity contribution in [1.29, 1.82) is 0 Å². The highest BCUT2D eigenvalue weighted by molar-refractivity contribution is 6.09. The van der Waals surface area contributed by atoms with E-state index in [1.807, 2.05) is 54.6 Å². The lowest BCUT2D eigenvalue weighted by Crippen LogP contribution is -2.15. The molecule has 0 atom stereocenters. The van der Waals surface area contributed by atoms with Crippen LogP contribution in [0, 0.1) is 0 Å². The summed E-state index contributed by atoms with van der Waals surface area (Å²) in [5, 5.41) is 11.1. The first-order valence-corrected chi connectivity index (χ1v) is 41.9. The SMILES string of the molecule is CC1(C)c2cc(-c3nc4ccccc4nc3-c3ccc(-c4ccccc4)cc3)ccc2-c2cc3ccccc3cc21.CC1(C)c2ccccc2-c2ccc(-c3nc(-c4ccc5c(c4)C(C)(C)c4ccccc4-5)c4ccccc4n3)cc21.c1ccc2cc(-c3ccc(-c4nc5ccccc5nc4-c4ccc5c(ccc6ccccc65)c4)cc3)ccc2c1. The summed E-state index contributed by atoms with van der Waals surface area (Å²) in [6.07, 6.45) is 0. The summed E-state index contributed by atoms with van der Waals surface area (Å²) in [6.45, 7) is 14.0. The number of fused-ring (bicyclic) bond motifs is 17. The van der Waals surface area contributed by atoms with E-state index in [2.05, 4.69) is 375 Å². The number of rotatable bonds is 8. The van der Waals surface area contributed by atoms with Gasteiger partial charge in [-0.05, 0) is 205 Å². The number of hydrogen-bond donors (Lipinski definition) is 0. The van der Waals surface area contributed by atoms with Crippen molar-refractivity contribution in [2.45, 2.75) is 57.8 Å². The molecule has 0 bridgehead atoms. The van der Waals surface area contributed by atoms with Gasteiger partial charge in [-0.3, -0.25) is 0 Å². The van der Waals surface area contributed by atoms with E-state index in [0.717, 1.165) is 101 Å². The molecule has 0 saturated carbocycles. The monoisotopic (exact) mass is 1550 g/mol. The molecule has 0 amide bonds. The van der Waals surface area contributed by atoms with E-state index in [4.69, 9.17) is 29.9 Å². The van der Waals surface area contributed by atoms with Gasteiger partial charge in [-0.2, -0.15) is 0 Å². The summed E-state index contributed by atoms with van der Waals surface area (Å²) in [5.41, 5.74) is 36.3. The Morgan fingerprint density at radius 3 is 1.07 bits per heavy atom. The van der Waals surface area contributed by atoms with Crippen molar-refractivity contribution in [2.75, 3.05) is 0 Å². The number of hydrogen-bond acceptors (Lipinski definition) is 6. The predicted octanol–water partition coefficient (Wildman–Crippen LogP) is 29.8. The molecular weight excluding hydrogens is 1470 g/mol. The maximum atomic E-state index is 5.28. The molecule has 6 heteroatoms. The maximum absolute atomic E-state index is 5.28. The Morgan fingerprint density at radius 1 is 0.157 bits per heavy atom. The van der Waals surface area contributed by atoms with Crippen molar-refractivity contribution in [2.24, 2.45) is 0 Å². The summed E-state index contributed by atoms with van der Waals surface area (Å²) in [7, 11) is 0. The van der Waals surface area contributed by atoms with E-state index in [-0.39, 0.29) is 16.2 Å². The summed E-state index contributed by atoms with van der Waals surface area (Å²) in [4.78, 5) is 31.0. The van der Waals surface area contributed by atoms with E-state index in [1.165, 1.54) is 132 Å². The fraction of sp³-hybridized carbons (Fsp3) is 0.0783. The Hall–Kier alpha value is -15.0. The molecular formula is C115H82N6. The van der Waals surface area contributed by atoms with Gasteiger partial charge in [0.2, 0.25) is 0 Å². The van der Waals surface area contributed by atoms with Crippen molar-refractivity contribution in [1.82, 2.24) is 29.9 Å². The van der Waals surface area contributed by atoms with Crippen molar-refractivity contribution >= 4 is 76.1 Å². The minimum atomic E-state index is -0.119. The molecule has 0 saturated heterocycles. The van der Waals surface area contributed by atoms with Crippen LogP contribution < -0.4 is 0 Å². The molecule has 18 aromatic carbocycles. The van der Waals surface area contributed by atoms with Gasteiger partial charge >= 0.3 is 0 Å². The van der Waals surface area contributed by atoms with Crippen LogP contribution in [0.3, 0.4) is 0 Å². The maximum Gasteiger partial charge on any atom is 0.160 e. The first-order chi connectivity index (χ1) is 59.2. The molecule has 0 unspecified atom stereocenters. The van der Waals surface area contributed by atoms with Crippen LogP contribution in [0.1, 0.15) is 74.9 Å². The largest absolute Gasteiger partial charge is 0.244 e. The molecule has 0 radical (unpaired) electrons. The Labute approximate surface area is 704 Å². The van der Waals surface area contributed by atoms with Crippen LogP contribution in [0.15, 0.2) is 388 Å². The Morgan fingerprint density at radius 2 is 0.488 bits per heavy atom. The Balaban J connectivity index is 0.000000109. The number of aromatic nitrogens is 6. The van der Waals surface area contributed by atoms with E-state index < -0.39 is 0 Å². The van der Waals surface area contributed by atoms with Gasteiger partial charge in [-0.15, -0.1) is 0 Å². The van der Waals surface area contributed by atoms with Gasteiger partial charge in [0.05, 0.1) is 56.1 Å². The average molecular weight is 1550 g/mol. The molecule has 0 spiro atoms. The zero-order valence-electron chi connectivity index (χ0n) is 68.1. The van der Waals surface area contributed by atoms with Crippen LogP contribution in [0.2, 0.25) is 0 Å². The second-order valence-corrected chi connectivity index (χ2v) is 34.0. The summed E-state index contributed by atoms with van der Waals surface area (Å²) in [6, 6.07) is 139.